The molecule has 0 amide bonds. The molecule has 1 aliphatic heterocycles. The van der Waals surface area contributed by atoms with Gasteiger partial charge in [0.15, 0.2) is 9.84 Å². The smallest absolute Gasteiger partial charge is 0.246 e. The molecule has 1 atom stereocenters. The van der Waals surface area contributed by atoms with Crippen LogP contribution in [0.3, 0.4) is 0 Å². The third-order valence-corrected chi connectivity index (χ3v) is 8.66. The number of anilines is 1. The van der Waals surface area contributed by atoms with Crippen molar-refractivity contribution >= 4 is 35.6 Å². The Morgan fingerprint density at radius 1 is 1.12 bits per heavy atom. The van der Waals surface area contributed by atoms with Gasteiger partial charge in [0.1, 0.15) is 10.7 Å². The van der Waals surface area contributed by atoms with Gasteiger partial charge in [-0.25, -0.2) is 29.6 Å². The summed E-state index contributed by atoms with van der Waals surface area (Å²) in [5, 5.41) is 0. The van der Waals surface area contributed by atoms with Crippen molar-refractivity contribution in [1.82, 2.24) is 4.31 Å². The quantitative estimate of drug-likeness (QED) is 0.709. The van der Waals surface area contributed by atoms with Crippen LogP contribution in [0.4, 0.5) is 10.1 Å². The first kappa shape index (κ1) is 19.5. The van der Waals surface area contributed by atoms with Crippen LogP contribution < -0.4 is 4.72 Å². The van der Waals surface area contributed by atoms with E-state index in [0.29, 0.717) is 12.8 Å². The van der Waals surface area contributed by atoms with Crippen molar-refractivity contribution in [2.24, 2.45) is 0 Å². The highest BCUT2D eigenvalue weighted by molar-refractivity contribution is 7.92. The Kier molecular flexibility index (Phi) is 4.83. The van der Waals surface area contributed by atoms with Gasteiger partial charge in [-0.2, -0.15) is 4.31 Å². The molecular weight excluding hydrogens is 407 g/mol. The average Bonchev–Trinajstić information content (AvgIpc) is 3.20. The summed E-state index contributed by atoms with van der Waals surface area (Å²) >= 11 is 0. The van der Waals surface area contributed by atoms with E-state index >= 15 is 0 Å². The van der Waals surface area contributed by atoms with Crippen LogP contribution in [0.5, 0.6) is 0 Å². The Labute approximate surface area is 152 Å². The van der Waals surface area contributed by atoms with Crippen LogP contribution in [0.25, 0.3) is 0 Å². The number of nitrogens with zero attached hydrogens (tertiary/aromatic N) is 1. The third kappa shape index (κ3) is 4.18. The van der Waals surface area contributed by atoms with E-state index < -0.39 is 46.6 Å². The molecule has 3 rings (SSSR count). The van der Waals surface area contributed by atoms with E-state index in [9.17, 15) is 29.6 Å². The zero-order chi connectivity index (χ0) is 19.3. The Morgan fingerprint density at radius 2 is 1.77 bits per heavy atom. The van der Waals surface area contributed by atoms with E-state index in [1.54, 1.807) is 0 Å². The molecule has 0 aromatic heterocycles. The van der Waals surface area contributed by atoms with Crippen LogP contribution >= 0.6 is 0 Å². The zero-order valence-corrected chi connectivity index (χ0v) is 16.4. The number of hydrogen-bond donors (Lipinski definition) is 1. The Morgan fingerprint density at radius 3 is 2.23 bits per heavy atom. The molecule has 26 heavy (non-hydrogen) atoms. The number of sulfonamides is 2. The Balaban J connectivity index is 1.95. The van der Waals surface area contributed by atoms with Gasteiger partial charge < -0.3 is 0 Å². The van der Waals surface area contributed by atoms with Gasteiger partial charge in [0.05, 0.1) is 23.4 Å². The van der Waals surface area contributed by atoms with Gasteiger partial charge in [0.2, 0.25) is 20.0 Å². The first-order valence-electron chi connectivity index (χ1n) is 7.90. The monoisotopic (exact) mass is 426 g/mol. The summed E-state index contributed by atoms with van der Waals surface area (Å²) in [6.07, 6.45) is 2.29. The van der Waals surface area contributed by atoms with Crippen molar-refractivity contribution in [2.45, 2.75) is 36.2 Å². The predicted octanol–water partition coefficient (Wildman–Crippen LogP) is 0.537. The molecule has 0 radical (unpaired) electrons. The molecule has 12 heteroatoms. The van der Waals surface area contributed by atoms with Gasteiger partial charge >= 0.3 is 0 Å². The lowest BCUT2D eigenvalue weighted by Crippen LogP contribution is -2.43. The van der Waals surface area contributed by atoms with E-state index in [2.05, 4.69) is 4.72 Å². The first-order chi connectivity index (χ1) is 11.9. The molecule has 8 nitrogen and oxygen atoms in total. The standard InChI is InChI=1S/C14H19FN2O6S3/c1-24(18,19)16-10-2-5-14(13(15)8-10)26(22,23)17(11-3-4-11)12-6-7-25(20,21)9-12/h2,5,8,11-12,16H,3-4,6-7,9H2,1H3/t12-/m1/s1. The Bertz CT molecular complexity index is 1030. The molecule has 1 saturated carbocycles. The number of sulfone groups is 1. The molecule has 2 aliphatic rings. The molecule has 1 aliphatic carbocycles. The maximum atomic E-state index is 14.4. The molecule has 0 spiro atoms. The summed E-state index contributed by atoms with van der Waals surface area (Å²) in [7, 11) is -11.2. The van der Waals surface area contributed by atoms with Crippen LogP contribution in [0.15, 0.2) is 23.1 Å². The Hall–Kier alpha value is -1.24. The van der Waals surface area contributed by atoms with Crippen molar-refractivity contribution in [1.29, 1.82) is 0 Å². The van der Waals surface area contributed by atoms with Gasteiger partial charge in [-0.1, -0.05) is 0 Å². The summed E-state index contributed by atoms with van der Waals surface area (Å²) in [6.45, 7) is 0. The fourth-order valence-electron chi connectivity index (χ4n) is 3.10. The van der Waals surface area contributed by atoms with Crippen molar-refractivity contribution in [3.63, 3.8) is 0 Å². The first-order valence-corrected chi connectivity index (χ1v) is 13.1. The lowest BCUT2D eigenvalue weighted by atomic mass is 10.2. The summed E-state index contributed by atoms with van der Waals surface area (Å²) < 4.78 is 89.5. The second-order valence-electron chi connectivity index (χ2n) is 6.64. The SMILES string of the molecule is CS(=O)(=O)Nc1ccc(S(=O)(=O)N(C2CC2)[C@@H]2CCS(=O)(=O)C2)c(F)c1. The molecule has 1 saturated heterocycles. The van der Waals surface area contributed by atoms with Gasteiger partial charge in [-0.05, 0) is 37.5 Å². The summed E-state index contributed by atoms with van der Waals surface area (Å²) in [5.41, 5.74) is -0.0923. The number of benzene rings is 1. The molecule has 146 valence electrons. The van der Waals surface area contributed by atoms with E-state index in [1.807, 2.05) is 0 Å². The normalized spacial score (nSPS) is 23.3. The van der Waals surface area contributed by atoms with E-state index in [4.69, 9.17) is 0 Å². The van der Waals surface area contributed by atoms with Crippen LogP contribution in [-0.4, -0.2) is 59.4 Å². The van der Waals surface area contributed by atoms with Crippen molar-refractivity contribution < 1.29 is 29.6 Å². The predicted molar refractivity (Wildman–Crippen MR) is 94.0 cm³/mol. The number of halogens is 1. The van der Waals surface area contributed by atoms with Gasteiger partial charge in [0, 0.05) is 12.1 Å². The maximum Gasteiger partial charge on any atom is 0.246 e. The average molecular weight is 427 g/mol. The highest BCUT2D eigenvalue weighted by Crippen LogP contribution is 2.37. The fourth-order valence-corrected chi connectivity index (χ4v) is 7.41. The number of rotatable bonds is 6. The lowest BCUT2D eigenvalue weighted by Gasteiger charge is -2.27. The van der Waals surface area contributed by atoms with E-state index in [1.165, 1.54) is 0 Å². The van der Waals surface area contributed by atoms with Gasteiger partial charge in [0.25, 0.3) is 0 Å². The number of nitrogens with one attached hydrogen (secondary N) is 1. The minimum absolute atomic E-state index is 0.0872. The lowest BCUT2D eigenvalue weighted by molar-refractivity contribution is 0.331. The minimum atomic E-state index is -4.25. The molecule has 1 N–H and O–H groups in total. The van der Waals surface area contributed by atoms with Gasteiger partial charge in [-0.15, -0.1) is 0 Å². The highest BCUT2D eigenvalue weighted by Gasteiger charge is 2.46. The third-order valence-electron chi connectivity index (χ3n) is 4.27. The molecule has 2 fully saturated rings. The topological polar surface area (TPSA) is 118 Å². The van der Waals surface area contributed by atoms with Crippen LogP contribution in [0.1, 0.15) is 19.3 Å². The largest absolute Gasteiger partial charge is 0.284 e. The fraction of sp³-hybridized carbons (Fsp3) is 0.571. The molecule has 0 bridgehead atoms. The minimum Gasteiger partial charge on any atom is -0.284 e. The van der Waals surface area contributed by atoms with Crippen molar-refractivity contribution in [2.75, 3.05) is 22.5 Å². The van der Waals surface area contributed by atoms with Crippen molar-refractivity contribution in [3.8, 4) is 0 Å². The van der Waals surface area contributed by atoms with Crippen LogP contribution in [0, 0.1) is 5.82 Å². The second-order valence-corrected chi connectivity index (χ2v) is 12.4. The van der Waals surface area contributed by atoms with E-state index in [-0.39, 0.29) is 29.7 Å². The summed E-state index contributed by atoms with van der Waals surface area (Å²) in [5.74, 6) is -1.45. The zero-order valence-electron chi connectivity index (χ0n) is 13.9. The molecular formula is C14H19FN2O6S3. The van der Waals surface area contributed by atoms with Gasteiger partial charge in [-0.3, -0.25) is 4.72 Å². The van der Waals surface area contributed by atoms with Crippen molar-refractivity contribution in [3.05, 3.63) is 24.0 Å². The highest BCUT2D eigenvalue weighted by atomic mass is 32.2. The number of hydrogen-bond acceptors (Lipinski definition) is 6. The second kappa shape index (κ2) is 6.43. The molecule has 1 aromatic rings. The van der Waals surface area contributed by atoms with Crippen LogP contribution in [0.2, 0.25) is 0 Å². The van der Waals surface area contributed by atoms with Crippen LogP contribution in [-0.2, 0) is 29.9 Å². The molecule has 1 aromatic carbocycles. The van der Waals surface area contributed by atoms with E-state index in [0.717, 1.165) is 28.8 Å². The summed E-state index contributed by atoms with van der Waals surface area (Å²) in [6, 6.07) is 1.92. The molecule has 1 heterocycles. The maximum absolute atomic E-state index is 14.4. The summed E-state index contributed by atoms with van der Waals surface area (Å²) in [4.78, 5) is -0.590. The molecule has 0 unspecified atom stereocenters.